The zero-order valence-electron chi connectivity index (χ0n) is 7.91. The lowest BCUT2D eigenvalue weighted by Crippen LogP contribution is -2.21. The molecule has 0 bridgehead atoms. The fraction of sp³-hybridized carbons (Fsp3) is 0.250. The number of halogens is 3. The molecule has 1 rings (SSSR count). The first-order valence-corrected chi connectivity index (χ1v) is 4.07. The molecule has 1 aromatic heterocycles. The predicted molar refractivity (Wildman–Crippen MR) is 48.6 cm³/mol. The van der Waals surface area contributed by atoms with Crippen LogP contribution in [0.5, 0.6) is 5.75 Å². The SMILES string of the molecule is NCc1c(N)ncc(C=O)c1OC(F)(F)F. The van der Waals surface area contributed by atoms with E-state index < -0.39 is 12.1 Å². The molecule has 0 amide bonds. The second-order valence-electron chi connectivity index (χ2n) is 2.78. The van der Waals surface area contributed by atoms with E-state index in [9.17, 15) is 18.0 Å². The fourth-order valence-electron chi connectivity index (χ4n) is 1.08. The molecule has 0 aliphatic carbocycles. The molecule has 1 aromatic rings. The summed E-state index contributed by atoms with van der Waals surface area (Å²) in [5.41, 5.74) is 10.0. The zero-order chi connectivity index (χ0) is 12.3. The maximum Gasteiger partial charge on any atom is 0.573 e. The van der Waals surface area contributed by atoms with Gasteiger partial charge in [-0.3, -0.25) is 4.79 Å². The Balaban J connectivity index is 3.31. The normalized spacial score (nSPS) is 11.2. The van der Waals surface area contributed by atoms with Gasteiger partial charge in [-0.15, -0.1) is 13.2 Å². The molecule has 4 N–H and O–H groups in total. The number of hydrogen-bond donors (Lipinski definition) is 2. The lowest BCUT2D eigenvalue weighted by molar-refractivity contribution is -0.274. The monoisotopic (exact) mass is 235 g/mol. The summed E-state index contributed by atoms with van der Waals surface area (Å²) in [5.74, 6) is -0.898. The van der Waals surface area contributed by atoms with E-state index >= 15 is 0 Å². The molecule has 0 fully saturated rings. The molecule has 0 aliphatic rings. The van der Waals surface area contributed by atoms with Gasteiger partial charge >= 0.3 is 6.36 Å². The number of hydrogen-bond acceptors (Lipinski definition) is 5. The first-order chi connectivity index (χ1) is 7.39. The van der Waals surface area contributed by atoms with Gasteiger partial charge in [-0.1, -0.05) is 0 Å². The van der Waals surface area contributed by atoms with Crippen molar-refractivity contribution in [1.82, 2.24) is 4.98 Å². The van der Waals surface area contributed by atoms with Crippen molar-refractivity contribution in [2.75, 3.05) is 5.73 Å². The maximum absolute atomic E-state index is 12.1. The first-order valence-electron chi connectivity index (χ1n) is 4.07. The van der Waals surface area contributed by atoms with E-state index in [0.29, 0.717) is 0 Å². The van der Waals surface area contributed by atoms with Gasteiger partial charge < -0.3 is 16.2 Å². The summed E-state index contributed by atoms with van der Waals surface area (Å²) < 4.78 is 39.9. The van der Waals surface area contributed by atoms with Gasteiger partial charge in [0.15, 0.2) is 6.29 Å². The second kappa shape index (κ2) is 4.35. The van der Waals surface area contributed by atoms with Crippen LogP contribution in [-0.4, -0.2) is 17.6 Å². The number of carbonyl (C=O) groups excluding carboxylic acids is 1. The maximum atomic E-state index is 12.1. The number of aldehydes is 1. The summed E-state index contributed by atoms with van der Waals surface area (Å²) >= 11 is 0. The molecule has 1 heterocycles. The molecule has 0 unspecified atom stereocenters. The number of nitrogen functional groups attached to an aromatic ring is 1. The number of alkyl halides is 3. The van der Waals surface area contributed by atoms with Gasteiger partial charge in [0, 0.05) is 12.7 Å². The standard InChI is InChI=1S/C8H8F3N3O2/c9-8(10,11)16-6-4(3-15)2-14-7(13)5(6)1-12/h2-3H,1,12H2,(H2,13,14). The van der Waals surface area contributed by atoms with Gasteiger partial charge in [0.05, 0.1) is 11.1 Å². The number of carbonyl (C=O) groups is 1. The number of rotatable bonds is 3. The molecule has 0 atom stereocenters. The van der Waals surface area contributed by atoms with Crippen molar-refractivity contribution in [3.8, 4) is 5.75 Å². The number of nitrogens with zero attached hydrogens (tertiary/aromatic N) is 1. The topological polar surface area (TPSA) is 91.2 Å². The number of anilines is 1. The Labute approximate surface area is 88.2 Å². The first kappa shape index (κ1) is 12.2. The van der Waals surface area contributed by atoms with Gasteiger partial charge in [0.1, 0.15) is 11.6 Å². The van der Waals surface area contributed by atoms with Crippen LogP contribution in [0.1, 0.15) is 15.9 Å². The Bertz CT molecular complexity index is 406. The van der Waals surface area contributed by atoms with E-state index in [1.54, 1.807) is 0 Å². The Morgan fingerprint density at radius 1 is 1.50 bits per heavy atom. The molecular formula is C8H8F3N3O2. The molecule has 0 radical (unpaired) electrons. The van der Waals surface area contributed by atoms with Gasteiger partial charge in [-0.25, -0.2) is 4.98 Å². The number of pyridine rings is 1. The highest BCUT2D eigenvalue weighted by molar-refractivity contribution is 5.81. The lowest BCUT2D eigenvalue weighted by atomic mass is 10.1. The van der Waals surface area contributed by atoms with Crippen LogP contribution in [-0.2, 0) is 6.54 Å². The van der Waals surface area contributed by atoms with Crippen molar-refractivity contribution in [1.29, 1.82) is 0 Å². The van der Waals surface area contributed by atoms with E-state index in [2.05, 4.69) is 9.72 Å². The summed E-state index contributed by atoms with van der Waals surface area (Å²) in [6.07, 6.45) is -3.84. The fourth-order valence-corrected chi connectivity index (χ4v) is 1.08. The van der Waals surface area contributed by atoms with Crippen LogP contribution in [0.15, 0.2) is 6.20 Å². The Morgan fingerprint density at radius 3 is 2.56 bits per heavy atom. The predicted octanol–water partition coefficient (Wildman–Crippen LogP) is 0.834. The van der Waals surface area contributed by atoms with E-state index in [0.717, 1.165) is 6.20 Å². The molecule has 0 saturated heterocycles. The minimum atomic E-state index is -4.92. The highest BCUT2D eigenvalue weighted by Crippen LogP contribution is 2.31. The van der Waals surface area contributed by atoms with Crippen LogP contribution >= 0.6 is 0 Å². The average Bonchev–Trinajstić information content (AvgIpc) is 2.16. The van der Waals surface area contributed by atoms with Crippen molar-refractivity contribution < 1.29 is 22.7 Å². The second-order valence-corrected chi connectivity index (χ2v) is 2.78. The van der Waals surface area contributed by atoms with Crippen molar-refractivity contribution in [2.24, 2.45) is 5.73 Å². The van der Waals surface area contributed by atoms with E-state index in [4.69, 9.17) is 11.5 Å². The molecule has 0 aliphatic heterocycles. The van der Waals surface area contributed by atoms with Crippen LogP contribution in [0.4, 0.5) is 19.0 Å². The summed E-state index contributed by atoms with van der Waals surface area (Å²) in [4.78, 5) is 14.1. The van der Waals surface area contributed by atoms with Crippen LogP contribution in [0.3, 0.4) is 0 Å². The molecule has 16 heavy (non-hydrogen) atoms. The Kier molecular flexibility index (Phi) is 3.33. The van der Waals surface area contributed by atoms with Crippen molar-refractivity contribution in [3.05, 3.63) is 17.3 Å². The van der Waals surface area contributed by atoms with Gasteiger partial charge in [-0.2, -0.15) is 0 Å². The van der Waals surface area contributed by atoms with Crippen LogP contribution in [0.25, 0.3) is 0 Å². The minimum absolute atomic E-state index is 0.151. The van der Waals surface area contributed by atoms with Gasteiger partial charge in [-0.05, 0) is 0 Å². The third kappa shape index (κ3) is 2.60. The summed E-state index contributed by atoms with van der Waals surface area (Å²) in [5, 5.41) is 0. The molecular weight excluding hydrogens is 227 g/mol. The van der Waals surface area contributed by atoms with Crippen molar-refractivity contribution in [3.63, 3.8) is 0 Å². The molecule has 5 nitrogen and oxygen atoms in total. The highest BCUT2D eigenvalue weighted by Gasteiger charge is 2.33. The largest absolute Gasteiger partial charge is 0.573 e. The van der Waals surface area contributed by atoms with E-state index in [1.165, 1.54) is 0 Å². The highest BCUT2D eigenvalue weighted by atomic mass is 19.4. The summed E-state index contributed by atoms with van der Waals surface area (Å²) in [7, 11) is 0. The third-order valence-electron chi connectivity index (χ3n) is 1.74. The number of aromatic nitrogens is 1. The number of nitrogens with two attached hydrogens (primary N) is 2. The molecule has 0 aromatic carbocycles. The third-order valence-corrected chi connectivity index (χ3v) is 1.74. The smallest absolute Gasteiger partial charge is 0.404 e. The Morgan fingerprint density at radius 2 is 2.12 bits per heavy atom. The van der Waals surface area contributed by atoms with Crippen LogP contribution < -0.4 is 16.2 Å². The van der Waals surface area contributed by atoms with Gasteiger partial charge in [0.25, 0.3) is 0 Å². The average molecular weight is 235 g/mol. The molecule has 0 saturated carbocycles. The lowest BCUT2D eigenvalue weighted by Gasteiger charge is -2.14. The summed E-state index contributed by atoms with van der Waals surface area (Å²) in [6.45, 7) is -0.314. The Hall–Kier alpha value is -1.83. The molecule has 88 valence electrons. The summed E-state index contributed by atoms with van der Waals surface area (Å²) in [6, 6.07) is 0. The van der Waals surface area contributed by atoms with Crippen molar-refractivity contribution >= 4 is 12.1 Å². The van der Waals surface area contributed by atoms with Crippen LogP contribution in [0, 0.1) is 0 Å². The van der Waals surface area contributed by atoms with E-state index in [1.807, 2.05) is 0 Å². The molecule has 0 spiro atoms. The molecule has 8 heteroatoms. The van der Waals surface area contributed by atoms with E-state index in [-0.39, 0.29) is 29.8 Å². The minimum Gasteiger partial charge on any atom is -0.404 e. The van der Waals surface area contributed by atoms with Crippen LogP contribution in [0.2, 0.25) is 0 Å². The quantitative estimate of drug-likeness (QED) is 0.757. The van der Waals surface area contributed by atoms with Crippen molar-refractivity contribution in [2.45, 2.75) is 12.9 Å². The van der Waals surface area contributed by atoms with Gasteiger partial charge in [0.2, 0.25) is 0 Å². The zero-order valence-corrected chi connectivity index (χ0v) is 7.91. The number of ether oxygens (including phenoxy) is 1.